The summed E-state index contributed by atoms with van der Waals surface area (Å²) in [5, 5.41) is 0. The molecule has 1 atom stereocenters. The quantitative estimate of drug-likeness (QED) is 0.699. The normalized spacial score (nSPS) is 12.4. The van der Waals surface area contributed by atoms with E-state index in [1.807, 2.05) is 6.07 Å². The third-order valence-electron chi connectivity index (χ3n) is 2.46. The molecule has 0 fully saturated rings. The van der Waals surface area contributed by atoms with Crippen molar-refractivity contribution in [2.75, 3.05) is 0 Å². The van der Waals surface area contributed by atoms with Crippen molar-refractivity contribution in [3.8, 4) is 0 Å². The van der Waals surface area contributed by atoms with Crippen LogP contribution in [-0.4, -0.2) is 0 Å². The molecule has 2 aromatic carbocycles. The first-order valence-electron chi connectivity index (χ1n) is 5.03. The van der Waals surface area contributed by atoms with Crippen LogP contribution in [0.4, 0.5) is 0 Å². The molecular weight excluding hydrogens is 248 g/mol. The molecule has 1 unspecified atom stereocenters. The summed E-state index contributed by atoms with van der Waals surface area (Å²) in [6, 6.07) is 19.1. The minimum atomic E-state index is 0.291. The van der Waals surface area contributed by atoms with Crippen molar-refractivity contribution in [1.29, 1.82) is 0 Å². The molecule has 0 aliphatic carbocycles. The Morgan fingerprint density at radius 3 is 1.93 bits per heavy atom. The van der Waals surface area contributed by atoms with Crippen LogP contribution in [0.1, 0.15) is 21.5 Å². The highest BCUT2D eigenvalue weighted by Crippen LogP contribution is 2.30. The van der Waals surface area contributed by atoms with Crippen LogP contribution in [0.25, 0.3) is 0 Å². The van der Waals surface area contributed by atoms with E-state index in [1.54, 1.807) is 0 Å². The Bertz CT molecular complexity index is 417. The van der Waals surface area contributed by atoms with Crippen molar-refractivity contribution < 1.29 is 0 Å². The van der Waals surface area contributed by atoms with E-state index in [2.05, 4.69) is 71.4 Å². The molecular formula is C14H13Br. The lowest BCUT2D eigenvalue weighted by molar-refractivity contribution is 1.17. The van der Waals surface area contributed by atoms with Gasteiger partial charge in [0, 0.05) is 0 Å². The molecule has 2 aromatic rings. The summed E-state index contributed by atoms with van der Waals surface area (Å²) >= 11 is 3.72. The maximum absolute atomic E-state index is 3.72. The van der Waals surface area contributed by atoms with Gasteiger partial charge in [-0.25, -0.2) is 0 Å². The average Bonchev–Trinajstić information content (AvgIpc) is 2.30. The van der Waals surface area contributed by atoms with Crippen LogP contribution in [0.2, 0.25) is 0 Å². The van der Waals surface area contributed by atoms with E-state index in [0.717, 1.165) is 0 Å². The van der Waals surface area contributed by atoms with E-state index < -0.39 is 0 Å². The first kappa shape index (κ1) is 10.4. The molecule has 0 aromatic heterocycles. The van der Waals surface area contributed by atoms with E-state index >= 15 is 0 Å². The van der Waals surface area contributed by atoms with Crippen LogP contribution < -0.4 is 0 Å². The van der Waals surface area contributed by atoms with Crippen LogP contribution >= 0.6 is 15.9 Å². The molecule has 0 aliphatic rings. The van der Waals surface area contributed by atoms with Gasteiger partial charge in [-0.05, 0) is 18.1 Å². The van der Waals surface area contributed by atoms with E-state index in [9.17, 15) is 0 Å². The molecule has 0 saturated carbocycles. The van der Waals surface area contributed by atoms with Gasteiger partial charge in [-0.3, -0.25) is 0 Å². The van der Waals surface area contributed by atoms with Crippen molar-refractivity contribution >= 4 is 15.9 Å². The first-order valence-corrected chi connectivity index (χ1v) is 5.94. The smallest absolute Gasteiger partial charge is 0.0644 e. The fourth-order valence-electron chi connectivity index (χ4n) is 1.55. The second-order valence-electron chi connectivity index (χ2n) is 3.68. The summed E-state index contributed by atoms with van der Waals surface area (Å²) in [5.41, 5.74) is 3.89. The van der Waals surface area contributed by atoms with Crippen molar-refractivity contribution in [1.82, 2.24) is 0 Å². The van der Waals surface area contributed by atoms with E-state index in [0.29, 0.717) is 4.83 Å². The highest BCUT2D eigenvalue weighted by molar-refractivity contribution is 9.09. The lowest BCUT2D eigenvalue weighted by Gasteiger charge is -2.10. The topological polar surface area (TPSA) is 0 Å². The van der Waals surface area contributed by atoms with Gasteiger partial charge in [-0.1, -0.05) is 76.1 Å². The summed E-state index contributed by atoms with van der Waals surface area (Å²) in [7, 11) is 0. The number of halogens is 1. The summed E-state index contributed by atoms with van der Waals surface area (Å²) in [4.78, 5) is 0.291. The molecule has 0 bridgehead atoms. The largest absolute Gasteiger partial charge is 0.0786 e. The van der Waals surface area contributed by atoms with Crippen molar-refractivity contribution in [2.24, 2.45) is 0 Å². The molecule has 0 nitrogen and oxygen atoms in total. The van der Waals surface area contributed by atoms with Crippen LogP contribution in [0.5, 0.6) is 0 Å². The van der Waals surface area contributed by atoms with Gasteiger partial charge in [0.25, 0.3) is 0 Å². The van der Waals surface area contributed by atoms with E-state index in [4.69, 9.17) is 0 Å². The summed E-state index contributed by atoms with van der Waals surface area (Å²) < 4.78 is 0. The molecule has 0 N–H and O–H groups in total. The minimum Gasteiger partial charge on any atom is -0.0786 e. The third-order valence-corrected chi connectivity index (χ3v) is 3.52. The maximum Gasteiger partial charge on any atom is 0.0644 e. The molecule has 1 heteroatoms. The molecule has 15 heavy (non-hydrogen) atoms. The van der Waals surface area contributed by atoms with Crippen LogP contribution in [0, 0.1) is 6.92 Å². The van der Waals surface area contributed by atoms with Gasteiger partial charge in [0.2, 0.25) is 0 Å². The predicted molar refractivity (Wildman–Crippen MR) is 68.4 cm³/mol. The number of alkyl halides is 1. The Balaban J connectivity index is 2.29. The zero-order valence-corrected chi connectivity index (χ0v) is 10.2. The lowest BCUT2D eigenvalue weighted by Crippen LogP contribution is -1.91. The highest BCUT2D eigenvalue weighted by atomic mass is 79.9. The van der Waals surface area contributed by atoms with Crippen molar-refractivity contribution in [2.45, 2.75) is 11.8 Å². The standard InChI is InChI=1S/C14H13Br/c1-11-7-9-13(10-8-11)14(15)12-5-3-2-4-6-12/h2-10,14H,1H3. The summed E-state index contributed by atoms with van der Waals surface area (Å²) in [6.07, 6.45) is 0. The number of benzene rings is 2. The van der Waals surface area contributed by atoms with Gasteiger partial charge >= 0.3 is 0 Å². The second kappa shape index (κ2) is 4.63. The fraction of sp³-hybridized carbons (Fsp3) is 0.143. The van der Waals surface area contributed by atoms with Gasteiger partial charge < -0.3 is 0 Å². The SMILES string of the molecule is Cc1ccc(C(Br)c2ccccc2)cc1. The Morgan fingerprint density at radius 2 is 1.33 bits per heavy atom. The molecule has 0 spiro atoms. The van der Waals surface area contributed by atoms with E-state index in [-0.39, 0.29) is 0 Å². The minimum absolute atomic E-state index is 0.291. The Hall–Kier alpha value is -1.08. The van der Waals surface area contributed by atoms with Crippen LogP contribution in [0.3, 0.4) is 0 Å². The summed E-state index contributed by atoms with van der Waals surface area (Å²) in [6.45, 7) is 2.11. The average molecular weight is 261 g/mol. The maximum atomic E-state index is 3.72. The Labute approximate surface area is 99.1 Å². The van der Waals surface area contributed by atoms with Crippen LogP contribution in [-0.2, 0) is 0 Å². The molecule has 0 saturated heterocycles. The van der Waals surface area contributed by atoms with Crippen LogP contribution in [0.15, 0.2) is 54.6 Å². The van der Waals surface area contributed by atoms with Gasteiger partial charge in [0.15, 0.2) is 0 Å². The number of aryl methyl sites for hydroxylation is 1. The predicted octanol–water partition coefficient (Wildman–Crippen LogP) is 4.48. The molecule has 0 heterocycles. The Morgan fingerprint density at radius 1 is 0.800 bits per heavy atom. The van der Waals surface area contributed by atoms with E-state index in [1.165, 1.54) is 16.7 Å². The molecule has 0 aliphatic heterocycles. The molecule has 0 amide bonds. The van der Waals surface area contributed by atoms with Gasteiger partial charge in [0.05, 0.1) is 4.83 Å². The molecule has 0 radical (unpaired) electrons. The number of rotatable bonds is 2. The first-order chi connectivity index (χ1) is 7.27. The third kappa shape index (κ3) is 2.48. The zero-order chi connectivity index (χ0) is 10.7. The van der Waals surface area contributed by atoms with Crippen molar-refractivity contribution in [3.63, 3.8) is 0 Å². The highest BCUT2D eigenvalue weighted by Gasteiger charge is 2.08. The van der Waals surface area contributed by atoms with Gasteiger partial charge in [0.1, 0.15) is 0 Å². The zero-order valence-electron chi connectivity index (χ0n) is 8.65. The number of hydrogen-bond donors (Lipinski definition) is 0. The van der Waals surface area contributed by atoms with Gasteiger partial charge in [-0.15, -0.1) is 0 Å². The monoisotopic (exact) mass is 260 g/mol. The molecule has 76 valence electrons. The molecule has 2 rings (SSSR count). The van der Waals surface area contributed by atoms with Gasteiger partial charge in [-0.2, -0.15) is 0 Å². The second-order valence-corrected chi connectivity index (χ2v) is 4.60. The van der Waals surface area contributed by atoms with Crippen molar-refractivity contribution in [3.05, 3.63) is 71.3 Å². The summed E-state index contributed by atoms with van der Waals surface area (Å²) in [5.74, 6) is 0. The number of hydrogen-bond acceptors (Lipinski definition) is 0. The Kier molecular flexibility index (Phi) is 3.22. The lowest BCUT2D eigenvalue weighted by atomic mass is 10.0. The fourth-order valence-corrected chi connectivity index (χ4v) is 2.16.